The molecule has 1 aliphatic heterocycles. The molecule has 0 bridgehead atoms. The van der Waals surface area contributed by atoms with Gasteiger partial charge in [-0.1, -0.05) is 6.07 Å². The van der Waals surface area contributed by atoms with Crippen LogP contribution in [-0.4, -0.2) is 28.9 Å². The Morgan fingerprint density at radius 3 is 2.86 bits per heavy atom. The van der Waals surface area contributed by atoms with Gasteiger partial charge in [0.05, 0.1) is 12.2 Å². The predicted molar refractivity (Wildman–Crippen MR) is 73.0 cm³/mol. The number of rotatable bonds is 4. The zero-order chi connectivity index (χ0) is 15.6. The van der Waals surface area contributed by atoms with E-state index < -0.39 is 12.7 Å². The van der Waals surface area contributed by atoms with Gasteiger partial charge in [-0.3, -0.25) is 0 Å². The van der Waals surface area contributed by atoms with Gasteiger partial charge in [0.2, 0.25) is 0 Å². The Kier molecular flexibility index (Phi) is 3.82. The lowest BCUT2D eigenvalue weighted by Gasteiger charge is -2.21. The van der Waals surface area contributed by atoms with E-state index in [2.05, 4.69) is 10.3 Å². The quantitative estimate of drug-likeness (QED) is 0.943. The molecule has 3 rings (SSSR count). The highest BCUT2D eigenvalue weighted by atomic mass is 19.4. The average Bonchev–Trinajstić information content (AvgIpc) is 2.90. The Morgan fingerprint density at radius 2 is 2.05 bits per heavy atom. The number of nitrogens with one attached hydrogen (secondary N) is 1. The van der Waals surface area contributed by atoms with Crippen LogP contribution < -0.4 is 14.8 Å². The average molecular weight is 313 g/mol. The Hall–Kier alpha value is -2.38. The Balaban J connectivity index is 1.73. The summed E-state index contributed by atoms with van der Waals surface area (Å²) in [4.78, 5) is 3.96. The number of imidazole rings is 1. The van der Waals surface area contributed by atoms with E-state index in [1.807, 2.05) is 0 Å². The fourth-order valence-corrected chi connectivity index (χ4v) is 2.23. The molecule has 0 spiro atoms. The molecule has 0 atom stereocenters. The van der Waals surface area contributed by atoms with Gasteiger partial charge in [0.25, 0.3) is 0 Å². The molecule has 0 fully saturated rings. The number of hydrogen-bond acceptors (Lipinski definition) is 4. The fourth-order valence-electron chi connectivity index (χ4n) is 2.23. The molecule has 1 N–H and O–H groups in total. The van der Waals surface area contributed by atoms with Gasteiger partial charge >= 0.3 is 6.18 Å². The van der Waals surface area contributed by atoms with Gasteiger partial charge in [0, 0.05) is 12.4 Å². The molecule has 0 saturated carbocycles. The number of ether oxygens (including phenoxy) is 2. The van der Waals surface area contributed by atoms with Crippen LogP contribution in [0.5, 0.6) is 11.5 Å². The van der Waals surface area contributed by atoms with Gasteiger partial charge < -0.3 is 19.4 Å². The zero-order valence-electron chi connectivity index (χ0n) is 11.6. The van der Waals surface area contributed by atoms with Crippen molar-refractivity contribution in [2.45, 2.75) is 19.3 Å². The normalized spacial score (nSPS) is 14.0. The van der Waals surface area contributed by atoms with E-state index in [9.17, 15) is 13.2 Å². The lowest BCUT2D eigenvalue weighted by Crippen LogP contribution is -2.20. The third-order valence-electron chi connectivity index (χ3n) is 3.15. The largest absolute Gasteiger partial charge is 0.486 e. The van der Waals surface area contributed by atoms with Crippen LogP contribution in [0, 0.1) is 0 Å². The van der Waals surface area contributed by atoms with Crippen LogP contribution in [-0.2, 0) is 13.1 Å². The number of anilines is 1. The van der Waals surface area contributed by atoms with Crippen molar-refractivity contribution >= 4 is 5.69 Å². The monoisotopic (exact) mass is 313 g/mol. The highest BCUT2D eigenvalue weighted by Gasteiger charge is 2.28. The summed E-state index contributed by atoms with van der Waals surface area (Å²) in [6.07, 6.45) is -1.62. The third-order valence-corrected chi connectivity index (χ3v) is 3.15. The van der Waals surface area contributed by atoms with E-state index in [1.54, 1.807) is 18.2 Å². The second kappa shape index (κ2) is 5.78. The SMILES string of the molecule is FC(F)(F)Cn1ccnc1CNc1cccc2c1OCCO2. The molecule has 2 aromatic rings. The summed E-state index contributed by atoms with van der Waals surface area (Å²) >= 11 is 0. The Labute approximate surface area is 124 Å². The second-order valence-corrected chi connectivity index (χ2v) is 4.77. The van der Waals surface area contributed by atoms with Crippen LogP contribution in [0.15, 0.2) is 30.6 Å². The van der Waals surface area contributed by atoms with Gasteiger partial charge in [0.1, 0.15) is 25.6 Å². The van der Waals surface area contributed by atoms with Crippen LogP contribution in [0.4, 0.5) is 18.9 Å². The van der Waals surface area contributed by atoms with Crippen molar-refractivity contribution in [3.05, 3.63) is 36.4 Å². The smallest absolute Gasteiger partial charge is 0.406 e. The lowest BCUT2D eigenvalue weighted by molar-refractivity contribution is -0.141. The number of nitrogens with zero attached hydrogens (tertiary/aromatic N) is 2. The minimum Gasteiger partial charge on any atom is -0.486 e. The van der Waals surface area contributed by atoms with Crippen molar-refractivity contribution in [3.8, 4) is 11.5 Å². The number of alkyl halides is 3. The van der Waals surface area contributed by atoms with E-state index in [0.29, 0.717) is 36.2 Å². The van der Waals surface area contributed by atoms with Gasteiger partial charge in [-0.25, -0.2) is 4.98 Å². The van der Waals surface area contributed by atoms with Crippen LogP contribution >= 0.6 is 0 Å². The molecule has 0 saturated heterocycles. The molecule has 0 unspecified atom stereocenters. The molecule has 2 heterocycles. The number of aromatic nitrogens is 2. The number of para-hydroxylation sites is 1. The maximum absolute atomic E-state index is 12.5. The van der Waals surface area contributed by atoms with Gasteiger partial charge in [-0.2, -0.15) is 13.2 Å². The molecule has 118 valence electrons. The van der Waals surface area contributed by atoms with E-state index >= 15 is 0 Å². The summed E-state index contributed by atoms with van der Waals surface area (Å²) < 4.78 is 49.5. The highest BCUT2D eigenvalue weighted by molar-refractivity contribution is 5.63. The number of benzene rings is 1. The first-order chi connectivity index (χ1) is 10.5. The van der Waals surface area contributed by atoms with Crippen LogP contribution in [0.25, 0.3) is 0 Å². The maximum atomic E-state index is 12.5. The molecule has 0 radical (unpaired) electrons. The second-order valence-electron chi connectivity index (χ2n) is 4.77. The summed E-state index contributed by atoms with van der Waals surface area (Å²) in [5, 5.41) is 3.05. The summed E-state index contributed by atoms with van der Waals surface area (Å²) in [6, 6.07) is 5.35. The molecule has 0 amide bonds. The van der Waals surface area contributed by atoms with Crippen molar-refractivity contribution in [1.82, 2.24) is 9.55 Å². The van der Waals surface area contributed by atoms with E-state index in [0.717, 1.165) is 4.57 Å². The summed E-state index contributed by atoms with van der Waals surface area (Å²) in [6.45, 7) is 0.0141. The van der Waals surface area contributed by atoms with Crippen molar-refractivity contribution in [1.29, 1.82) is 0 Å². The summed E-state index contributed by atoms with van der Waals surface area (Å²) in [5.74, 6) is 1.49. The zero-order valence-corrected chi connectivity index (χ0v) is 11.6. The van der Waals surface area contributed by atoms with Gasteiger partial charge in [-0.05, 0) is 12.1 Å². The van der Waals surface area contributed by atoms with E-state index in [-0.39, 0.29) is 6.54 Å². The molecular weight excluding hydrogens is 299 g/mol. The van der Waals surface area contributed by atoms with Crippen molar-refractivity contribution in [2.24, 2.45) is 0 Å². The van der Waals surface area contributed by atoms with Crippen molar-refractivity contribution in [2.75, 3.05) is 18.5 Å². The third kappa shape index (κ3) is 3.26. The predicted octanol–water partition coefficient (Wildman–Crippen LogP) is 2.83. The molecule has 22 heavy (non-hydrogen) atoms. The van der Waals surface area contributed by atoms with E-state index in [4.69, 9.17) is 9.47 Å². The minimum absolute atomic E-state index is 0.156. The van der Waals surface area contributed by atoms with Crippen LogP contribution in [0.3, 0.4) is 0 Å². The van der Waals surface area contributed by atoms with Gasteiger partial charge in [-0.15, -0.1) is 0 Å². The van der Waals surface area contributed by atoms with Crippen molar-refractivity contribution in [3.63, 3.8) is 0 Å². The van der Waals surface area contributed by atoms with Crippen LogP contribution in [0.2, 0.25) is 0 Å². The highest BCUT2D eigenvalue weighted by Crippen LogP contribution is 2.37. The summed E-state index contributed by atoms with van der Waals surface area (Å²) in [5.41, 5.74) is 0.666. The Bertz CT molecular complexity index is 655. The standard InChI is InChI=1S/C14H14F3N3O2/c15-14(16,17)9-20-5-4-18-12(20)8-19-10-2-1-3-11-13(10)22-7-6-21-11/h1-5,19H,6-9H2. The molecule has 1 aliphatic rings. The number of halogens is 3. The molecule has 1 aromatic carbocycles. The number of hydrogen-bond donors (Lipinski definition) is 1. The van der Waals surface area contributed by atoms with Crippen molar-refractivity contribution < 1.29 is 22.6 Å². The molecule has 8 heteroatoms. The first-order valence-electron chi connectivity index (χ1n) is 6.72. The lowest BCUT2D eigenvalue weighted by atomic mass is 10.2. The molecular formula is C14H14F3N3O2. The minimum atomic E-state index is -4.28. The van der Waals surface area contributed by atoms with E-state index in [1.165, 1.54) is 12.4 Å². The number of fused-ring (bicyclic) bond motifs is 1. The molecule has 0 aliphatic carbocycles. The van der Waals surface area contributed by atoms with Gasteiger partial charge in [0.15, 0.2) is 11.5 Å². The van der Waals surface area contributed by atoms with Crippen LogP contribution in [0.1, 0.15) is 5.82 Å². The topological polar surface area (TPSA) is 48.3 Å². The fraction of sp³-hybridized carbons (Fsp3) is 0.357. The maximum Gasteiger partial charge on any atom is 0.406 e. The summed E-state index contributed by atoms with van der Waals surface area (Å²) in [7, 11) is 0. The molecule has 5 nitrogen and oxygen atoms in total. The first-order valence-corrected chi connectivity index (χ1v) is 6.72. The Morgan fingerprint density at radius 1 is 1.23 bits per heavy atom. The molecule has 1 aromatic heterocycles. The first kappa shape index (κ1) is 14.6.